The molecule has 0 spiro atoms. The van der Waals surface area contributed by atoms with Crippen LogP contribution in [-0.2, 0) is 12.0 Å². The number of benzene rings is 2. The SMILES string of the molecule is Fc1ccc(C2(Cc3ccccc3)N=[C]NC2c2ccncc2)cc1. The first-order valence-corrected chi connectivity index (χ1v) is 8.20. The van der Waals surface area contributed by atoms with E-state index in [2.05, 4.69) is 28.8 Å². The van der Waals surface area contributed by atoms with Crippen molar-refractivity contribution in [2.24, 2.45) is 4.99 Å². The summed E-state index contributed by atoms with van der Waals surface area (Å²) >= 11 is 0. The third-order valence-corrected chi connectivity index (χ3v) is 4.64. The fourth-order valence-corrected chi connectivity index (χ4v) is 3.42. The number of nitrogens with one attached hydrogen (secondary N) is 1. The molecule has 2 aromatic carbocycles. The molecule has 4 rings (SSSR count). The van der Waals surface area contributed by atoms with Crippen molar-refractivity contribution in [3.05, 3.63) is 102 Å². The summed E-state index contributed by atoms with van der Waals surface area (Å²) in [6, 6.07) is 20.7. The van der Waals surface area contributed by atoms with Crippen molar-refractivity contribution >= 4 is 6.34 Å². The number of hydrogen-bond acceptors (Lipinski definition) is 3. The quantitative estimate of drug-likeness (QED) is 0.787. The Balaban J connectivity index is 1.83. The highest BCUT2D eigenvalue weighted by molar-refractivity contribution is 5.62. The van der Waals surface area contributed by atoms with E-state index < -0.39 is 5.54 Å². The van der Waals surface area contributed by atoms with Crippen molar-refractivity contribution in [2.45, 2.75) is 18.0 Å². The van der Waals surface area contributed by atoms with Crippen molar-refractivity contribution in [1.82, 2.24) is 10.3 Å². The van der Waals surface area contributed by atoms with Crippen molar-refractivity contribution in [2.75, 3.05) is 0 Å². The Labute approximate surface area is 146 Å². The van der Waals surface area contributed by atoms with Gasteiger partial charge in [-0.3, -0.25) is 9.98 Å². The normalized spacial score (nSPS) is 21.9. The van der Waals surface area contributed by atoms with E-state index in [0.717, 1.165) is 11.1 Å². The number of hydrogen-bond donors (Lipinski definition) is 1. The van der Waals surface area contributed by atoms with Crippen LogP contribution in [0.15, 0.2) is 84.1 Å². The highest BCUT2D eigenvalue weighted by Gasteiger charge is 2.44. The Kier molecular flexibility index (Phi) is 4.02. The predicted octanol–water partition coefficient (Wildman–Crippen LogP) is 3.91. The molecule has 0 amide bonds. The smallest absolute Gasteiger partial charge is 0.165 e. The lowest BCUT2D eigenvalue weighted by Gasteiger charge is -2.34. The molecule has 3 aromatic rings. The van der Waals surface area contributed by atoms with E-state index in [9.17, 15) is 4.39 Å². The van der Waals surface area contributed by atoms with Crippen LogP contribution in [0.2, 0.25) is 0 Å². The molecular formula is C21H17FN3. The predicted molar refractivity (Wildman–Crippen MR) is 95.8 cm³/mol. The van der Waals surface area contributed by atoms with E-state index in [-0.39, 0.29) is 11.9 Å². The highest BCUT2D eigenvalue weighted by Crippen LogP contribution is 2.43. The maximum Gasteiger partial charge on any atom is 0.165 e. The van der Waals surface area contributed by atoms with Crippen LogP contribution < -0.4 is 5.32 Å². The molecule has 0 bridgehead atoms. The fraction of sp³-hybridized carbons (Fsp3) is 0.143. The molecule has 3 nitrogen and oxygen atoms in total. The molecule has 1 aliphatic rings. The number of halogens is 1. The molecular weight excluding hydrogens is 313 g/mol. The standard InChI is InChI=1S/C21H17FN3/c22-19-8-6-18(7-9-19)21(14-16-4-2-1-3-5-16)20(24-15-25-21)17-10-12-23-13-11-17/h1-13,20H,14H2,(H,24,25). The molecule has 1 radical (unpaired) electrons. The van der Waals surface area contributed by atoms with Gasteiger partial charge in [-0.05, 0) is 41.0 Å². The summed E-state index contributed by atoms with van der Waals surface area (Å²) in [4.78, 5) is 8.82. The average Bonchev–Trinajstić information content (AvgIpc) is 3.08. The van der Waals surface area contributed by atoms with Crippen LogP contribution >= 0.6 is 0 Å². The number of aromatic nitrogens is 1. The molecule has 25 heavy (non-hydrogen) atoms. The third-order valence-electron chi connectivity index (χ3n) is 4.64. The Morgan fingerprint density at radius 2 is 1.68 bits per heavy atom. The lowest BCUT2D eigenvalue weighted by atomic mass is 9.76. The maximum absolute atomic E-state index is 13.5. The zero-order valence-electron chi connectivity index (χ0n) is 13.6. The van der Waals surface area contributed by atoms with Gasteiger partial charge >= 0.3 is 0 Å². The second-order valence-corrected chi connectivity index (χ2v) is 6.18. The van der Waals surface area contributed by atoms with Gasteiger partial charge in [-0.2, -0.15) is 0 Å². The topological polar surface area (TPSA) is 37.3 Å². The van der Waals surface area contributed by atoms with Gasteiger partial charge in [-0.1, -0.05) is 42.5 Å². The first-order valence-electron chi connectivity index (χ1n) is 8.20. The van der Waals surface area contributed by atoms with Crippen molar-refractivity contribution in [3.8, 4) is 0 Å². The van der Waals surface area contributed by atoms with Crippen LogP contribution in [0, 0.1) is 5.82 Å². The van der Waals surface area contributed by atoms with Crippen LogP contribution in [0.1, 0.15) is 22.7 Å². The van der Waals surface area contributed by atoms with Crippen LogP contribution in [0.3, 0.4) is 0 Å². The summed E-state index contributed by atoms with van der Waals surface area (Å²) in [6.07, 6.45) is 7.19. The number of aliphatic imine (C=N–C) groups is 1. The lowest BCUT2D eigenvalue weighted by Crippen LogP contribution is -2.36. The summed E-state index contributed by atoms with van der Waals surface area (Å²) in [5.41, 5.74) is 2.61. The van der Waals surface area contributed by atoms with Gasteiger partial charge in [-0.25, -0.2) is 4.39 Å². The third kappa shape index (κ3) is 2.91. The lowest BCUT2D eigenvalue weighted by molar-refractivity contribution is 0.365. The molecule has 1 aromatic heterocycles. The summed E-state index contributed by atoms with van der Waals surface area (Å²) in [5.74, 6) is -0.252. The second-order valence-electron chi connectivity index (χ2n) is 6.18. The largest absolute Gasteiger partial charge is 0.358 e. The Hall–Kier alpha value is -3.01. The summed E-state index contributed by atoms with van der Waals surface area (Å²) in [5, 5.41) is 3.26. The Morgan fingerprint density at radius 1 is 0.960 bits per heavy atom. The zero-order chi connectivity index (χ0) is 17.1. The van der Waals surface area contributed by atoms with Gasteiger partial charge in [0.15, 0.2) is 6.34 Å². The highest BCUT2D eigenvalue weighted by atomic mass is 19.1. The van der Waals surface area contributed by atoms with Gasteiger partial charge in [0.05, 0.1) is 6.04 Å². The van der Waals surface area contributed by atoms with E-state index in [1.807, 2.05) is 42.5 Å². The van der Waals surface area contributed by atoms with E-state index >= 15 is 0 Å². The minimum absolute atomic E-state index is 0.0961. The Morgan fingerprint density at radius 3 is 2.40 bits per heavy atom. The van der Waals surface area contributed by atoms with Crippen LogP contribution in [0.25, 0.3) is 0 Å². The van der Waals surface area contributed by atoms with Crippen LogP contribution in [-0.4, -0.2) is 11.3 Å². The molecule has 0 aliphatic carbocycles. The summed E-state index contributed by atoms with van der Waals surface area (Å²) in [7, 11) is 0. The van der Waals surface area contributed by atoms with Crippen molar-refractivity contribution in [3.63, 3.8) is 0 Å². The minimum atomic E-state index is -0.587. The van der Waals surface area contributed by atoms with Gasteiger partial charge in [0.2, 0.25) is 0 Å². The fourth-order valence-electron chi connectivity index (χ4n) is 3.42. The summed E-state index contributed by atoms with van der Waals surface area (Å²) in [6.45, 7) is 0. The molecule has 2 unspecified atom stereocenters. The molecule has 4 heteroatoms. The molecule has 0 fully saturated rings. The number of nitrogens with zero attached hydrogens (tertiary/aromatic N) is 2. The van der Waals surface area contributed by atoms with Crippen LogP contribution in [0.4, 0.5) is 4.39 Å². The number of rotatable bonds is 4. The van der Waals surface area contributed by atoms with E-state index in [0.29, 0.717) is 6.42 Å². The molecule has 1 aliphatic heterocycles. The second kappa shape index (κ2) is 6.48. The molecule has 2 atom stereocenters. The Bertz CT molecular complexity index is 863. The first-order chi connectivity index (χ1) is 12.3. The van der Waals surface area contributed by atoms with E-state index in [1.165, 1.54) is 17.7 Å². The van der Waals surface area contributed by atoms with Gasteiger partial charge in [-0.15, -0.1) is 0 Å². The summed E-state index contributed by atoms with van der Waals surface area (Å²) < 4.78 is 13.5. The molecule has 0 saturated carbocycles. The molecule has 2 heterocycles. The number of pyridine rings is 1. The average molecular weight is 330 g/mol. The van der Waals surface area contributed by atoms with Crippen molar-refractivity contribution < 1.29 is 4.39 Å². The van der Waals surface area contributed by atoms with E-state index in [4.69, 9.17) is 4.99 Å². The zero-order valence-corrected chi connectivity index (χ0v) is 13.6. The maximum atomic E-state index is 13.5. The van der Waals surface area contributed by atoms with Gasteiger partial charge in [0, 0.05) is 18.8 Å². The monoisotopic (exact) mass is 330 g/mol. The minimum Gasteiger partial charge on any atom is -0.358 e. The first kappa shape index (κ1) is 15.5. The molecule has 123 valence electrons. The molecule has 0 saturated heterocycles. The van der Waals surface area contributed by atoms with Gasteiger partial charge in [0.25, 0.3) is 0 Å². The van der Waals surface area contributed by atoms with Gasteiger partial charge < -0.3 is 5.32 Å². The van der Waals surface area contributed by atoms with Crippen molar-refractivity contribution in [1.29, 1.82) is 0 Å². The van der Waals surface area contributed by atoms with Crippen LogP contribution in [0.5, 0.6) is 0 Å². The molecule has 1 N–H and O–H groups in total. The van der Waals surface area contributed by atoms with Gasteiger partial charge in [0.1, 0.15) is 11.4 Å². The van der Waals surface area contributed by atoms with E-state index in [1.54, 1.807) is 12.4 Å².